The molecule has 0 amide bonds. The number of hydrogen-bond acceptors (Lipinski definition) is 4. The summed E-state index contributed by atoms with van der Waals surface area (Å²) in [5, 5.41) is 4.03. The van der Waals surface area contributed by atoms with Gasteiger partial charge in [0, 0.05) is 6.92 Å². The number of hydrogen-bond donors (Lipinski definition) is 0. The number of benzene rings is 1. The molecule has 5 nitrogen and oxygen atoms in total. The van der Waals surface area contributed by atoms with Crippen molar-refractivity contribution in [1.82, 2.24) is 9.78 Å². The van der Waals surface area contributed by atoms with Gasteiger partial charge in [-0.05, 0) is 12.1 Å². The number of aromatic nitrogens is 2. The van der Waals surface area contributed by atoms with Crippen LogP contribution in [0.15, 0.2) is 41.3 Å². The van der Waals surface area contributed by atoms with Crippen molar-refractivity contribution in [3.8, 4) is 11.4 Å². The third kappa shape index (κ3) is 2.15. The molecule has 0 atom stereocenters. The Bertz CT molecular complexity index is 632. The number of ether oxygens (including phenoxy) is 1. The first-order valence-corrected chi connectivity index (χ1v) is 5.38. The van der Waals surface area contributed by atoms with Crippen LogP contribution < -0.4 is 10.2 Å². The van der Waals surface area contributed by atoms with Gasteiger partial charge in [0.15, 0.2) is 17.2 Å². The first-order chi connectivity index (χ1) is 8.63. The molecule has 0 bridgehead atoms. The molecule has 1 heterocycles. The molecule has 18 heavy (non-hydrogen) atoms. The molecule has 0 saturated heterocycles. The second-order valence-corrected chi connectivity index (χ2v) is 3.71. The van der Waals surface area contributed by atoms with Crippen molar-refractivity contribution >= 4 is 5.78 Å². The predicted molar refractivity (Wildman–Crippen MR) is 66.4 cm³/mol. The SMILES string of the molecule is COc1cn(-c2ccccc2)nc(C(C)=O)c1=O. The Kier molecular flexibility index (Phi) is 3.23. The molecule has 0 radical (unpaired) electrons. The summed E-state index contributed by atoms with van der Waals surface area (Å²) >= 11 is 0. The molecular weight excluding hydrogens is 232 g/mol. The summed E-state index contributed by atoms with van der Waals surface area (Å²) in [6.45, 7) is 1.30. The van der Waals surface area contributed by atoms with E-state index in [1.165, 1.54) is 24.9 Å². The number of nitrogens with zero attached hydrogens (tertiary/aromatic N) is 2. The van der Waals surface area contributed by atoms with Crippen molar-refractivity contribution in [3.63, 3.8) is 0 Å². The monoisotopic (exact) mass is 244 g/mol. The lowest BCUT2D eigenvalue weighted by atomic mass is 10.2. The van der Waals surface area contributed by atoms with Crippen LogP contribution in [0.4, 0.5) is 0 Å². The summed E-state index contributed by atoms with van der Waals surface area (Å²) in [4.78, 5) is 23.2. The van der Waals surface area contributed by atoms with Crippen molar-refractivity contribution < 1.29 is 9.53 Å². The summed E-state index contributed by atoms with van der Waals surface area (Å²) in [7, 11) is 1.38. The second-order valence-electron chi connectivity index (χ2n) is 3.71. The maximum absolute atomic E-state index is 11.8. The van der Waals surface area contributed by atoms with E-state index in [0.717, 1.165) is 5.69 Å². The van der Waals surface area contributed by atoms with Crippen molar-refractivity contribution in [1.29, 1.82) is 0 Å². The van der Waals surface area contributed by atoms with E-state index >= 15 is 0 Å². The van der Waals surface area contributed by atoms with Crippen LogP contribution in [0.2, 0.25) is 0 Å². The first-order valence-electron chi connectivity index (χ1n) is 5.38. The number of methoxy groups -OCH3 is 1. The third-order valence-corrected chi connectivity index (χ3v) is 2.46. The summed E-state index contributed by atoms with van der Waals surface area (Å²) in [6.07, 6.45) is 1.46. The zero-order chi connectivity index (χ0) is 13.1. The number of ketones is 1. The fraction of sp³-hybridized carbons (Fsp3) is 0.154. The Morgan fingerprint density at radius 3 is 2.50 bits per heavy atom. The van der Waals surface area contributed by atoms with Crippen LogP contribution in [0.1, 0.15) is 17.4 Å². The normalized spacial score (nSPS) is 10.1. The molecule has 0 unspecified atom stereocenters. The van der Waals surface area contributed by atoms with E-state index in [2.05, 4.69) is 5.10 Å². The molecule has 0 fully saturated rings. The van der Waals surface area contributed by atoms with Crippen molar-refractivity contribution in [2.24, 2.45) is 0 Å². The predicted octanol–water partition coefficient (Wildman–Crippen LogP) is 1.44. The molecule has 1 aromatic carbocycles. The fourth-order valence-corrected chi connectivity index (χ4v) is 1.56. The zero-order valence-corrected chi connectivity index (χ0v) is 10.1. The molecular formula is C13H12N2O3. The van der Waals surface area contributed by atoms with E-state index in [-0.39, 0.29) is 17.2 Å². The van der Waals surface area contributed by atoms with E-state index in [1.54, 1.807) is 0 Å². The zero-order valence-electron chi connectivity index (χ0n) is 10.1. The van der Waals surface area contributed by atoms with Crippen molar-refractivity contribution in [2.45, 2.75) is 6.92 Å². The molecule has 2 rings (SSSR count). The van der Waals surface area contributed by atoms with Gasteiger partial charge >= 0.3 is 0 Å². The highest BCUT2D eigenvalue weighted by Crippen LogP contribution is 2.09. The number of carbonyl (C=O) groups excluding carboxylic acids is 1. The third-order valence-electron chi connectivity index (χ3n) is 2.46. The molecule has 2 aromatic rings. The number of rotatable bonds is 3. The van der Waals surface area contributed by atoms with E-state index in [4.69, 9.17) is 4.74 Å². The summed E-state index contributed by atoms with van der Waals surface area (Å²) in [5.41, 5.74) is 0.133. The minimum Gasteiger partial charge on any atom is -0.491 e. The van der Waals surface area contributed by atoms with E-state index in [1.807, 2.05) is 30.3 Å². The molecule has 0 aliphatic heterocycles. The van der Waals surface area contributed by atoms with Crippen LogP contribution in [0, 0.1) is 0 Å². The van der Waals surface area contributed by atoms with Crippen LogP contribution in [0.3, 0.4) is 0 Å². The number of para-hydroxylation sites is 1. The van der Waals surface area contributed by atoms with Crippen molar-refractivity contribution in [2.75, 3.05) is 7.11 Å². The van der Waals surface area contributed by atoms with Gasteiger partial charge in [0.1, 0.15) is 0 Å². The van der Waals surface area contributed by atoms with E-state index < -0.39 is 5.43 Å². The van der Waals surface area contributed by atoms with E-state index in [9.17, 15) is 9.59 Å². The minimum absolute atomic E-state index is 0.0963. The number of Topliss-reactive ketones (excluding diaryl/α,β-unsaturated/α-hetero) is 1. The lowest BCUT2D eigenvalue weighted by Gasteiger charge is -2.08. The van der Waals surface area contributed by atoms with E-state index in [0.29, 0.717) is 0 Å². The van der Waals surface area contributed by atoms with Gasteiger partial charge in [-0.25, -0.2) is 4.68 Å². The van der Waals surface area contributed by atoms with Crippen LogP contribution >= 0.6 is 0 Å². The van der Waals surface area contributed by atoms with Gasteiger partial charge in [0.25, 0.3) is 5.43 Å². The largest absolute Gasteiger partial charge is 0.491 e. The number of carbonyl (C=O) groups is 1. The fourth-order valence-electron chi connectivity index (χ4n) is 1.56. The first kappa shape index (κ1) is 12.0. The molecule has 0 aliphatic carbocycles. The quantitative estimate of drug-likeness (QED) is 0.766. The second kappa shape index (κ2) is 4.83. The van der Waals surface area contributed by atoms with Gasteiger partial charge in [0.2, 0.25) is 0 Å². The smallest absolute Gasteiger partial charge is 0.252 e. The summed E-state index contributed by atoms with van der Waals surface area (Å²) in [6, 6.07) is 9.20. The summed E-state index contributed by atoms with van der Waals surface area (Å²) in [5.74, 6) is -0.289. The Hall–Kier alpha value is -2.43. The van der Waals surface area contributed by atoms with Gasteiger partial charge < -0.3 is 4.74 Å². The van der Waals surface area contributed by atoms with Crippen molar-refractivity contribution in [3.05, 3.63) is 52.4 Å². The highest BCUT2D eigenvalue weighted by atomic mass is 16.5. The summed E-state index contributed by atoms with van der Waals surface area (Å²) < 4.78 is 6.43. The average Bonchev–Trinajstić information content (AvgIpc) is 2.39. The lowest BCUT2D eigenvalue weighted by molar-refractivity contribution is 0.100. The standard InChI is InChI=1S/C13H12N2O3/c1-9(16)12-13(17)11(18-2)8-15(14-12)10-6-4-3-5-7-10/h3-8H,1-2H3. The van der Waals surface area contributed by atoms with Crippen LogP contribution in [0.25, 0.3) is 5.69 Å². The Labute approximate surface area is 104 Å². The highest BCUT2D eigenvalue weighted by Gasteiger charge is 2.14. The van der Waals surface area contributed by atoms with Gasteiger partial charge in [-0.3, -0.25) is 9.59 Å². The molecule has 0 spiro atoms. The highest BCUT2D eigenvalue weighted by molar-refractivity contribution is 5.92. The van der Waals surface area contributed by atoms with Crippen LogP contribution in [-0.2, 0) is 0 Å². The van der Waals surface area contributed by atoms with Gasteiger partial charge in [0.05, 0.1) is 19.0 Å². The topological polar surface area (TPSA) is 61.2 Å². The molecule has 0 aliphatic rings. The molecule has 92 valence electrons. The minimum atomic E-state index is -0.489. The molecule has 0 saturated carbocycles. The Morgan fingerprint density at radius 2 is 1.94 bits per heavy atom. The molecule has 1 aromatic heterocycles. The van der Waals surface area contributed by atoms with Gasteiger partial charge in [-0.2, -0.15) is 5.10 Å². The van der Waals surface area contributed by atoms with Crippen LogP contribution in [0.5, 0.6) is 5.75 Å². The maximum Gasteiger partial charge on any atom is 0.252 e. The lowest BCUT2D eigenvalue weighted by Crippen LogP contribution is -2.21. The molecule has 0 N–H and O–H groups in total. The maximum atomic E-state index is 11.8. The van der Waals surface area contributed by atoms with Gasteiger partial charge in [-0.15, -0.1) is 0 Å². The average molecular weight is 244 g/mol. The van der Waals surface area contributed by atoms with Crippen LogP contribution in [-0.4, -0.2) is 22.7 Å². The van der Waals surface area contributed by atoms with Gasteiger partial charge in [-0.1, -0.05) is 18.2 Å². The Morgan fingerprint density at radius 1 is 1.28 bits per heavy atom. The Balaban J connectivity index is 2.67. The molecule has 5 heteroatoms.